The van der Waals surface area contributed by atoms with Crippen LogP contribution in [0.25, 0.3) is 0 Å². The molecule has 0 heteroatoms. The first-order valence-corrected chi connectivity index (χ1v) is 5.70. The summed E-state index contributed by atoms with van der Waals surface area (Å²) in [7, 11) is 0. The molecule has 14 heavy (non-hydrogen) atoms. The van der Waals surface area contributed by atoms with E-state index in [1.807, 2.05) is 0 Å². The smallest absolute Gasteiger partial charge is 0.00807 e. The van der Waals surface area contributed by atoms with Gasteiger partial charge in [-0.25, -0.2) is 0 Å². The number of rotatable bonds is 4. The maximum atomic E-state index is 3.70. The normalized spacial score (nSPS) is 18.1. The Morgan fingerprint density at radius 3 is 2.07 bits per heavy atom. The van der Waals surface area contributed by atoms with Crippen LogP contribution in [0.1, 0.15) is 48.0 Å². The summed E-state index contributed by atoms with van der Waals surface area (Å²) < 4.78 is 0. The van der Waals surface area contributed by atoms with Gasteiger partial charge in [-0.15, -0.1) is 5.73 Å². The molecule has 0 aliphatic carbocycles. The second-order valence-electron chi connectivity index (χ2n) is 5.51. The molecule has 82 valence electrons. The predicted molar refractivity (Wildman–Crippen MR) is 65.3 cm³/mol. The summed E-state index contributed by atoms with van der Waals surface area (Å²) in [6.45, 7) is 17.5. The molecule has 0 saturated carbocycles. The van der Waals surface area contributed by atoms with E-state index < -0.39 is 0 Å². The fourth-order valence-corrected chi connectivity index (χ4v) is 2.04. The molecule has 0 rings (SSSR count). The molecule has 0 heterocycles. The SMILES string of the molecule is C=C=CC(C(C)C(C)CC)C(C)(C)C. The molecule has 0 saturated heterocycles. The van der Waals surface area contributed by atoms with Crippen LogP contribution in [-0.2, 0) is 0 Å². The zero-order valence-corrected chi connectivity index (χ0v) is 10.7. The van der Waals surface area contributed by atoms with Crippen molar-refractivity contribution in [2.45, 2.75) is 48.0 Å². The van der Waals surface area contributed by atoms with Crippen LogP contribution < -0.4 is 0 Å². The van der Waals surface area contributed by atoms with Crippen molar-refractivity contribution >= 4 is 0 Å². The van der Waals surface area contributed by atoms with E-state index in [2.05, 4.69) is 59.9 Å². The maximum absolute atomic E-state index is 3.70. The summed E-state index contributed by atoms with van der Waals surface area (Å²) in [5.41, 5.74) is 3.27. The van der Waals surface area contributed by atoms with Gasteiger partial charge in [0.15, 0.2) is 0 Å². The lowest BCUT2D eigenvalue weighted by Crippen LogP contribution is -2.28. The Balaban J connectivity index is 4.74. The zero-order valence-electron chi connectivity index (χ0n) is 10.7. The van der Waals surface area contributed by atoms with Crippen LogP contribution in [0.3, 0.4) is 0 Å². The Morgan fingerprint density at radius 2 is 1.79 bits per heavy atom. The van der Waals surface area contributed by atoms with Gasteiger partial charge in [0.2, 0.25) is 0 Å². The van der Waals surface area contributed by atoms with E-state index in [0.717, 1.165) is 5.92 Å². The summed E-state index contributed by atoms with van der Waals surface area (Å²) in [4.78, 5) is 0. The van der Waals surface area contributed by atoms with Crippen LogP contribution in [0.4, 0.5) is 0 Å². The minimum Gasteiger partial charge on any atom is -0.133 e. The highest BCUT2D eigenvalue weighted by Crippen LogP contribution is 2.37. The Kier molecular flexibility index (Phi) is 5.23. The molecule has 0 radical (unpaired) electrons. The molecule has 0 aliphatic rings. The van der Waals surface area contributed by atoms with Crippen molar-refractivity contribution < 1.29 is 0 Å². The van der Waals surface area contributed by atoms with Gasteiger partial charge < -0.3 is 0 Å². The summed E-state index contributed by atoms with van der Waals surface area (Å²) >= 11 is 0. The molecular weight excluding hydrogens is 168 g/mol. The second-order valence-corrected chi connectivity index (χ2v) is 5.51. The quantitative estimate of drug-likeness (QED) is 0.570. The minimum absolute atomic E-state index is 0.313. The summed E-state index contributed by atoms with van der Waals surface area (Å²) in [5, 5.41) is 0. The first kappa shape index (κ1) is 13.5. The van der Waals surface area contributed by atoms with Gasteiger partial charge in [-0.3, -0.25) is 0 Å². The van der Waals surface area contributed by atoms with E-state index in [9.17, 15) is 0 Å². The molecule has 0 nitrogen and oxygen atoms in total. The van der Waals surface area contributed by atoms with E-state index in [1.165, 1.54) is 6.42 Å². The Bertz CT molecular complexity index is 201. The highest BCUT2D eigenvalue weighted by atomic mass is 14.3. The van der Waals surface area contributed by atoms with E-state index in [-0.39, 0.29) is 0 Å². The average molecular weight is 194 g/mol. The van der Waals surface area contributed by atoms with Crippen molar-refractivity contribution in [2.24, 2.45) is 23.2 Å². The fourth-order valence-electron chi connectivity index (χ4n) is 2.04. The minimum atomic E-state index is 0.313. The van der Waals surface area contributed by atoms with Crippen molar-refractivity contribution in [3.8, 4) is 0 Å². The lowest BCUT2D eigenvalue weighted by molar-refractivity contribution is 0.170. The lowest BCUT2D eigenvalue weighted by Gasteiger charge is -2.35. The zero-order chi connectivity index (χ0) is 11.4. The van der Waals surface area contributed by atoms with Crippen molar-refractivity contribution in [1.82, 2.24) is 0 Å². The first-order valence-electron chi connectivity index (χ1n) is 5.70. The van der Waals surface area contributed by atoms with Crippen molar-refractivity contribution in [3.63, 3.8) is 0 Å². The van der Waals surface area contributed by atoms with Crippen LogP contribution in [0.15, 0.2) is 18.4 Å². The second kappa shape index (κ2) is 5.41. The molecule has 0 amide bonds. The summed E-state index contributed by atoms with van der Waals surface area (Å²) in [5.74, 6) is 2.05. The highest BCUT2D eigenvalue weighted by molar-refractivity contribution is 4.95. The molecule has 0 aromatic carbocycles. The van der Waals surface area contributed by atoms with Crippen LogP contribution in [0.2, 0.25) is 0 Å². The van der Waals surface area contributed by atoms with Crippen molar-refractivity contribution in [3.05, 3.63) is 18.4 Å². The van der Waals surface area contributed by atoms with Gasteiger partial charge in [0, 0.05) is 0 Å². The van der Waals surface area contributed by atoms with Crippen molar-refractivity contribution in [2.75, 3.05) is 0 Å². The molecule has 0 N–H and O–H groups in total. The monoisotopic (exact) mass is 194 g/mol. The fraction of sp³-hybridized carbons (Fsp3) is 0.786. The van der Waals surface area contributed by atoms with Crippen LogP contribution in [0.5, 0.6) is 0 Å². The molecule has 3 atom stereocenters. The highest BCUT2D eigenvalue weighted by Gasteiger charge is 2.29. The first-order chi connectivity index (χ1) is 6.34. The molecule has 0 aromatic rings. The summed E-state index contributed by atoms with van der Waals surface area (Å²) in [6.07, 6.45) is 3.40. The molecule has 0 bridgehead atoms. The Hall–Kier alpha value is -0.480. The number of hydrogen-bond acceptors (Lipinski definition) is 0. The third-order valence-corrected chi connectivity index (χ3v) is 3.41. The third kappa shape index (κ3) is 3.72. The van der Waals surface area contributed by atoms with E-state index in [0.29, 0.717) is 17.3 Å². The lowest BCUT2D eigenvalue weighted by atomic mass is 9.69. The molecule has 0 aromatic heterocycles. The van der Waals surface area contributed by atoms with Gasteiger partial charge in [0.1, 0.15) is 0 Å². The third-order valence-electron chi connectivity index (χ3n) is 3.41. The predicted octanol–water partition coefficient (Wildman–Crippen LogP) is 4.67. The van der Waals surface area contributed by atoms with Gasteiger partial charge in [0.25, 0.3) is 0 Å². The molecule has 3 unspecified atom stereocenters. The van der Waals surface area contributed by atoms with E-state index >= 15 is 0 Å². The Labute approximate surface area is 90.1 Å². The topological polar surface area (TPSA) is 0 Å². The molecule has 0 aliphatic heterocycles. The standard InChI is InChI=1S/C14H26/c1-8-10-13(14(5,6)7)12(4)11(3)9-2/h10-13H,1,9H2,2-7H3. The van der Waals surface area contributed by atoms with Gasteiger partial charge in [-0.05, 0) is 29.2 Å². The average Bonchev–Trinajstić information content (AvgIpc) is 2.09. The van der Waals surface area contributed by atoms with Crippen LogP contribution in [0, 0.1) is 23.2 Å². The largest absolute Gasteiger partial charge is 0.133 e. The Morgan fingerprint density at radius 1 is 1.29 bits per heavy atom. The molecule has 0 spiro atoms. The van der Waals surface area contributed by atoms with Gasteiger partial charge >= 0.3 is 0 Å². The molecular formula is C14H26. The summed E-state index contributed by atoms with van der Waals surface area (Å²) in [6, 6.07) is 0. The van der Waals surface area contributed by atoms with Crippen LogP contribution in [-0.4, -0.2) is 0 Å². The van der Waals surface area contributed by atoms with E-state index in [4.69, 9.17) is 0 Å². The van der Waals surface area contributed by atoms with Gasteiger partial charge in [-0.2, -0.15) is 0 Å². The van der Waals surface area contributed by atoms with E-state index in [1.54, 1.807) is 0 Å². The van der Waals surface area contributed by atoms with Gasteiger partial charge in [0.05, 0.1) is 0 Å². The maximum Gasteiger partial charge on any atom is -0.00807 e. The van der Waals surface area contributed by atoms with Gasteiger partial charge in [-0.1, -0.05) is 54.5 Å². The number of hydrogen-bond donors (Lipinski definition) is 0. The van der Waals surface area contributed by atoms with Crippen molar-refractivity contribution in [1.29, 1.82) is 0 Å². The van der Waals surface area contributed by atoms with Crippen LogP contribution >= 0.6 is 0 Å². The molecule has 0 fully saturated rings. The number of allylic oxidation sites excluding steroid dienone is 1.